The van der Waals surface area contributed by atoms with Gasteiger partial charge in [0.25, 0.3) is 5.56 Å². The monoisotopic (exact) mass is 513 g/mol. The Morgan fingerprint density at radius 2 is 2.00 bits per heavy atom. The lowest BCUT2D eigenvalue weighted by atomic mass is 9.45. The molecule has 6 rings (SSSR count). The number of nitrogens with zero attached hydrogens (tertiary/aromatic N) is 4. The Kier molecular flexibility index (Phi) is 5.83. The molecule has 4 atom stereocenters. The predicted octanol–water partition coefficient (Wildman–Crippen LogP) is 4.07. The number of carbonyl (C=O) groups excluding carboxylic acids is 1. The largest absolute Gasteiger partial charge is 0.380 e. The zero-order chi connectivity index (χ0) is 23.3. The number of pyridine rings is 1. The zero-order valence-corrected chi connectivity index (χ0v) is 21.1. The number of hydrogen-bond donors (Lipinski definition) is 1. The van der Waals surface area contributed by atoms with Crippen molar-refractivity contribution in [1.82, 2.24) is 19.7 Å². The molecule has 4 aliphatic carbocycles. The summed E-state index contributed by atoms with van der Waals surface area (Å²) in [5, 5.41) is 7.93. The van der Waals surface area contributed by atoms with Crippen LogP contribution in [0.25, 0.3) is 0 Å². The molecule has 4 aliphatic rings. The van der Waals surface area contributed by atoms with Gasteiger partial charge in [0.2, 0.25) is 5.91 Å². The standard InChI is InChI=1S/C25H32BrN5O2/c1-15-19-10-17(25(19,2)3)11-20(15)29-21-12-28-31(24(33)23(21)26)14-22(32)30(18-4-5-18)13-16-6-8-27-9-7-16/h6-9,12,15,17-20,29H,4-5,10-11,13-14H2,1-3H3/t15-,17-,19+,20-/m1/s1. The Bertz CT molecular complexity index is 1100. The summed E-state index contributed by atoms with van der Waals surface area (Å²) in [4.78, 5) is 32.0. The molecule has 2 aromatic rings. The predicted molar refractivity (Wildman–Crippen MR) is 131 cm³/mol. The first-order chi connectivity index (χ1) is 15.8. The quantitative estimate of drug-likeness (QED) is 0.603. The number of hydrogen-bond acceptors (Lipinski definition) is 5. The molecule has 0 radical (unpaired) electrons. The third-order valence-electron chi connectivity index (χ3n) is 8.38. The van der Waals surface area contributed by atoms with Crippen LogP contribution >= 0.6 is 15.9 Å². The van der Waals surface area contributed by atoms with E-state index in [0.717, 1.165) is 36.4 Å². The van der Waals surface area contributed by atoms with Gasteiger partial charge >= 0.3 is 0 Å². The third-order valence-corrected chi connectivity index (χ3v) is 9.14. The smallest absolute Gasteiger partial charge is 0.283 e. The fraction of sp³-hybridized carbons (Fsp3) is 0.600. The van der Waals surface area contributed by atoms with E-state index in [2.05, 4.69) is 52.1 Å². The van der Waals surface area contributed by atoms with E-state index in [1.54, 1.807) is 18.6 Å². The highest BCUT2D eigenvalue weighted by Crippen LogP contribution is 2.61. The molecule has 4 saturated carbocycles. The van der Waals surface area contributed by atoms with Crippen LogP contribution < -0.4 is 10.9 Å². The lowest BCUT2D eigenvalue weighted by Crippen LogP contribution is -2.58. The molecule has 176 valence electrons. The Morgan fingerprint density at radius 1 is 1.27 bits per heavy atom. The molecule has 0 saturated heterocycles. The summed E-state index contributed by atoms with van der Waals surface area (Å²) in [6, 6.07) is 4.42. The zero-order valence-electron chi connectivity index (χ0n) is 19.5. The van der Waals surface area contributed by atoms with Gasteiger partial charge in [-0.15, -0.1) is 0 Å². The fourth-order valence-electron chi connectivity index (χ4n) is 5.93. The van der Waals surface area contributed by atoms with Crippen LogP contribution in [0.3, 0.4) is 0 Å². The maximum atomic E-state index is 13.1. The van der Waals surface area contributed by atoms with Crippen molar-refractivity contribution in [1.29, 1.82) is 0 Å². The second-order valence-corrected chi connectivity index (χ2v) is 11.4. The molecule has 7 nitrogen and oxygen atoms in total. The first-order valence-electron chi connectivity index (χ1n) is 12.0. The Labute approximate surface area is 203 Å². The second-order valence-electron chi connectivity index (χ2n) is 10.6. The molecule has 2 heterocycles. The Balaban J connectivity index is 1.28. The normalized spacial score (nSPS) is 27.5. The SMILES string of the molecule is C[C@H]1[C@H](Nc2cnn(CC(=O)N(Cc3ccncc3)C3CC3)c(=O)c2Br)C[C@H]2C[C@@H]1C2(C)C. The molecular weight excluding hydrogens is 482 g/mol. The van der Waals surface area contributed by atoms with Gasteiger partial charge in [-0.3, -0.25) is 14.6 Å². The van der Waals surface area contributed by atoms with Crippen LogP contribution in [-0.4, -0.2) is 37.7 Å². The summed E-state index contributed by atoms with van der Waals surface area (Å²) in [5.74, 6) is 1.91. The highest BCUT2D eigenvalue weighted by atomic mass is 79.9. The van der Waals surface area contributed by atoms with Crippen LogP contribution in [0.4, 0.5) is 5.69 Å². The number of amides is 1. The van der Waals surface area contributed by atoms with Crippen LogP contribution in [0.15, 0.2) is 40.0 Å². The summed E-state index contributed by atoms with van der Waals surface area (Å²) in [5.41, 5.74) is 1.90. The van der Waals surface area contributed by atoms with Gasteiger partial charge in [-0.05, 0) is 82.5 Å². The van der Waals surface area contributed by atoms with Crippen molar-refractivity contribution in [2.75, 3.05) is 5.32 Å². The summed E-state index contributed by atoms with van der Waals surface area (Å²) >= 11 is 3.48. The van der Waals surface area contributed by atoms with E-state index in [-0.39, 0.29) is 24.1 Å². The molecule has 0 aromatic carbocycles. The minimum atomic E-state index is -0.276. The third kappa shape index (κ3) is 4.22. The maximum absolute atomic E-state index is 13.1. The molecular formula is C25H32BrN5O2. The molecule has 33 heavy (non-hydrogen) atoms. The minimum Gasteiger partial charge on any atom is -0.380 e. The van der Waals surface area contributed by atoms with Crippen molar-refractivity contribution >= 4 is 27.5 Å². The van der Waals surface area contributed by atoms with E-state index < -0.39 is 0 Å². The van der Waals surface area contributed by atoms with E-state index in [1.165, 1.54) is 11.1 Å². The summed E-state index contributed by atoms with van der Waals surface area (Å²) in [6.45, 7) is 7.55. The van der Waals surface area contributed by atoms with Crippen LogP contribution in [0.5, 0.6) is 0 Å². The average molecular weight is 514 g/mol. The van der Waals surface area contributed by atoms with Crippen molar-refractivity contribution in [3.63, 3.8) is 0 Å². The van der Waals surface area contributed by atoms with Gasteiger partial charge < -0.3 is 10.2 Å². The van der Waals surface area contributed by atoms with Crippen molar-refractivity contribution in [3.8, 4) is 0 Å². The van der Waals surface area contributed by atoms with Crippen LogP contribution in [0.2, 0.25) is 0 Å². The number of halogens is 1. The molecule has 0 unspecified atom stereocenters. The number of aromatic nitrogens is 3. The van der Waals surface area contributed by atoms with E-state index in [9.17, 15) is 9.59 Å². The molecule has 2 bridgehead atoms. The van der Waals surface area contributed by atoms with Crippen molar-refractivity contribution < 1.29 is 4.79 Å². The van der Waals surface area contributed by atoms with E-state index in [1.807, 2.05) is 17.0 Å². The van der Waals surface area contributed by atoms with Gasteiger partial charge in [0.1, 0.15) is 11.0 Å². The van der Waals surface area contributed by atoms with Crippen LogP contribution in [0, 0.1) is 23.2 Å². The number of fused-ring (bicyclic) bond motifs is 2. The summed E-state index contributed by atoms with van der Waals surface area (Å²) in [7, 11) is 0. The maximum Gasteiger partial charge on any atom is 0.283 e. The van der Waals surface area contributed by atoms with Gasteiger partial charge in [-0.1, -0.05) is 20.8 Å². The summed E-state index contributed by atoms with van der Waals surface area (Å²) in [6.07, 6.45) is 9.58. The van der Waals surface area contributed by atoms with Gasteiger partial charge in [0.05, 0.1) is 11.9 Å². The van der Waals surface area contributed by atoms with E-state index >= 15 is 0 Å². The lowest BCUT2D eigenvalue weighted by molar-refractivity contribution is -0.133. The summed E-state index contributed by atoms with van der Waals surface area (Å²) < 4.78 is 1.72. The fourth-order valence-corrected chi connectivity index (χ4v) is 6.35. The Morgan fingerprint density at radius 3 is 2.64 bits per heavy atom. The molecule has 0 spiro atoms. The second kappa shape index (κ2) is 8.53. The molecule has 1 amide bonds. The van der Waals surface area contributed by atoms with Crippen molar-refractivity contribution in [2.45, 2.75) is 71.6 Å². The average Bonchev–Trinajstić information content (AvgIpc) is 3.63. The number of carbonyl (C=O) groups is 1. The van der Waals surface area contributed by atoms with E-state index in [0.29, 0.717) is 34.3 Å². The van der Waals surface area contributed by atoms with Gasteiger partial charge in [0.15, 0.2) is 0 Å². The number of rotatable bonds is 7. The molecule has 4 fully saturated rings. The molecule has 1 N–H and O–H groups in total. The highest BCUT2D eigenvalue weighted by Gasteiger charge is 2.56. The van der Waals surface area contributed by atoms with Crippen LogP contribution in [-0.2, 0) is 17.9 Å². The molecule has 0 aliphatic heterocycles. The highest BCUT2D eigenvalue weighted by molar-refractivity contribution is 9.10. The van der Waals surface area contributed by atoms with Crippen molar-refractivity contribution in [2.24, 2.45) is 23.2 Å². The Hall–Kier alpha value is -2.22. The lowest BCUT2D eigenvalue weighted by Gasteiger charge is -2.62. The number of anilines is 1. The van der Waals surface area contributed by atoms with Gasteiger partial charge in [-0.2, -0.15) is 5.10 Å². The first kappa shape index (κ1) is 22.6. The molecule has 2 aromatic heterocycles. The van der Waals surface area contributed by atoms with Gasteiger partial charge in [0, 0.05) is 31.0 Å². The first-order valence-corrected chi connectivity index (χ1v) is 12.8. The van der Waals surface area contributed by atoms with Crippen LogP contribution in [0.1, 0.15) is 52.0 Å². The van der Waals surface area contributed by atoms with Crippen molar-refractivity contribution in [3.05, 3.63) is 51.1 Å². The molecule has 8 heteroatoms. The van der Waals surface area contributed by atoms with E-state index in [4.69, 9.17) is 0 Å². The number of nitrogens with one attached hydrogen (secondary N) is 1. The minimum absolute atomic E-state index is 0.0581. The van der Waals surface area contributed by atoms with Gasteiger partial charge in [-0.25, -0.2) is 4.68 Å². The topological polar surface area (TPSA) is 80.1 Å².